The first-order chi connectivity index (χ1) is 9.83. The summed E-state index contributed by atoms with van der Waals surface area (Å²) in [5, 5.41) is 3.54. The standard InChI is InChI=1S/C18H20FN/c19-18-9-5-4-8-17(18)15(13-20-16-10-11-16)12-14-6-2-1-3-7-14/h1-9,15-16,20H,10-13H2. The van der Waals surface area contributed by atoms with E-state index in [0.717, 1.165) is 18.5 Å². The Morgan fingerprint density at radius 3 is 2.40 bits per heavy atom. The van der Waals surface area contributed by atoms with E-state index < -0.39 is 0 Å². The topological polar surface area (TPSA) is 12.0 Å². The molecule has 0 spiro atoms. The number of rotatable bonds is 6. The molecule has 0 amide bonds. The molecule has 1 saturated carbocycles. The molecule has 2 aromatic rings. The molecule has 1 unspecified atom stereocenters. The third kappa shape index (κ3) is 3.45. The van der Waals surface area contributed by atoms with E-state index >= 15 is 0 Å². The summed E-state index contributed by atoms with van der Waals surface area (Å²) in [6.45, 7) is 0.848. The third-order valence-corrected chi connectivity index (χ3v) is 3.90. The zero-order chi connectivity index (χ0) is 13.8. The molecule has 0 radical (unpaired) electrons. The van der Waals surface area contributed by atoms with Gasteiger partial charge in [0.05, 0.1) is 0 Å². The van der Waals surface area contributed by atoms with Crippen LogP contribution in [0.1, 0.15) is 29.9 Å². The highest BCUT2D eigenvalue weighted by atomic mass is 19.1. The number of hydrogen-bond acceptors (Lipinski definition) is 1. The number of halogens is 1. The van der Waals surface area contributed by atoms with Gasteiger partial charge in [0.2, 0.25) is 0 Å². The molecule has 0 aromatic heterocycles. The first-order valence-corrected chi connectivity index (χ1v) is 7.34. The highest BCUT2D eigenvalue weighted by Crippen LogP contribution is 2.25. The maximum atomic E-state index is 14.1. The Kier molecular flexibility index (Phi) is 4.12. The minimum absolute atomic E-state index is 0.0916. The third-order valence-electron chi connectivity index (χ3n) is 3.90. The minimum Gasteiger partial charge on any atom is -0.313 e. The Morgan fingerprint density at radius 2 is 1.70 bits per heavy atom. The number of benzene rings is 2. The van der Waals surface area contributed by atoms with Crippen molar-refractivity contribution < 1.29 is 4.39 Å². The molecular formula is C18H20FN. The van der Waals surface area contributed by atoms with Gasteiger partial charge < -0.3 is 5.32 Å². The summed E-state index contributed by atoms with van der Waals surface area (Å²) in [5.74, 6) is 0.102. The molecule has 1 aliphatic carbocycles. The van der Waals surface area contributed by atoms with E-state index in [1.807, 2.05) is 30.3 Å². The van der Waals surface area contributed by atoms with Crippen molar-refractivity contribution in [2.75, 3.05) is 6.54 Å². The second-order valence-corrected chi connectivity index (χ2v) is 5.59. The summed E-state index contributed by atoms with van der Waals surface area (Å²) < 4.78 is 14.1. The maximum Gasteiger partial charge on any atom is 0.126 e. The van der Waals surface area contributed by atoms with Crippen molar-refractivity contribution in [3.8, 4) is 0 Å². The summed E-state index contributed by atoms with van der Waals surface area (Å²) in [6, 6.07) is 18.1. The summed E-state index contributed by atoms with van der Waals surface area (Å²) in [4.78, 5) is 0. The van der Waals surface area contributed by atoms with Crippen molar-refractivity contribution >= 4 is 0 Å². The first kappa shape index (κ1) is 13.3. The maximum absolute atomic E-state index is 14.1. The fraction of sp³-hybridized carbons (Fsp3) is 0.333. The summed E-state index contributed by atoms with van der Waals surface area (Å²) in [7, 11) is 0. The lowest BCUT2D eigenvalue weighted by molar-refractivity contribution is 0.536. The summed E-state index contributed by atoms with van der Waals surface area (Å²) in [5.41, 5.74) is 2.09. The van der Waals surface area contributed by atoms with Crippen LogP contribution in [0, 0.1) is 5.82 Å². The molecule has 0 heterocycles. The van der Waals surface area contributed by atoms with Gasteiger partial charge in [0, 0.05) is 18.5 Å². The van der Waals surface area contributed by atoms with Gasteiger partial charge in [-0.05, 0) is 36.5 Å². The second-order valence-electron chi connectivity index (χ2n) is 5.59. The van der Waals surface area contributed by atoms with Crippen molar-refractivity contribution in [1.82, 2.24) is 5.32 Å². The molecule has 1 nitrogen and oxygen atoms in total. The number of hydrogen-bond donors (Lipinski definition) is 1. The van der Waals surface area contributed by atoms with Crippen LogP contribution in [0.4, 0.5) is 4.39 Å². The van der Waals surface area contributed by atoms with Crippen molar-refractivity contribution in [2.24, 2.45) is 0 Å². The van der Waals surface area contributed by atoms with Gasteiger partial charge in [-0.1, -0.05) is 48.5 Å². The van der Waals surface area contributed by atoms with E-state index in [2.05, 4.69) is 17.4 Å². The van der Waals surface area contributed by atoms with Gasteiger partial charge in [-0.2, -0.15) is 0 Å². The lowest BCUT2D eigenvalue weighted by atomic mass is 9.91. The largest absolute Gasteiger partial charge is 0.313 e. The average molecular weight is 269 g/mol. The monoisotopic (exact) mass is 269 g/mol. The van der Waals surface area contributed by atoms with Gasteiger partial charge in [-0.15, -0.1) is 0 Å². The smallest absolute Gasteiger partial charge is 0.126 e. The van der Waals surface area contributed by atoms with Crippen LogP contribution in [-0.2, 0) is 6.42 Å². The highest BCUT2D eigenvalue weighted by molar-refractivity contribution is 5.26. The molecule has 20 heavy (non-hydrogen) atoms. The molecule has 3 rings (SSSR count). The predicted octanol–water partition coefficient (Wildman–Crippen LogP) is 3.90. The Morgan fingerprint density at radius 1 is 1.00 bits per heavy atom. The van der Waals surface area contributed by atoms with Gasteiger partial charge in [-0.25, -0.2) is 4.39 Å². The van der Waals surface area contributed by atoms with Crippen molar-refractivity contribution in [1.29, 1.82) is 0 Å². The molecule has 1 atom stereocenters. The molecule has 2 aromatic carbocycles. The van der Waals surface area contributed by atoms with Crippen LogP contribution in [0.15, 0.2) is 54.6 Å². The highest BCUT2D eigenvalue weighted by Gasteiger charge is 2.23. The Hall–Kier alpha value is -1.67. The van der Waals surface area contributed by atoms with E-state index in [1.165, 1.54) is 18.4 Å². The van der Waals surface area contributed by atoms with Crippen LogP contribution in [0.5, 0.6) is 0 Å². The molecule has 0 saturated heterocycles. The van der Waals surface area contributed by atoms with Gasteiger partial charge in [0.15, 0.2) is 0 Å². The molecular weight excluding hydrogens is 249 g/mol. The fourth-order valence-corrected chi connectivity index (χ4v) is 2.59. The summed E-state index contributed by atoms with van der Waals surface area (Å²) in [6.07, 6.45) is 3.39. The average Bonchev–Trinajstić information content (AvgIpc) is 3.29. The van der Waals surface area contributed by atoms with Gasteiger partial charge in [0.1, 0.15) is 5.82 Å². The number of nitrogens with one attached hydrogen (secondary N) is 1. The molecule has 0 bridgehead atoms. The lowest BCUT2D eigenvalue weighted by Gasteiger charge is -2.19. The van der Waals surface area contributed by atoms with E-state index in [9.17, 15) is 4.39 Å². The van der Waals surface area contributed by atoms with Crippen LogP contribution in [0.2, 0.25) is 0 Å². The van der Waals surface area contributed by atoms with Crippen LogP contribution in [0.3, 0.4) is 0 Å². The fourth-order valence-electron chi connectivity index (χ4n) is 2.59. The molecule has 1 N–H and O–H groups in total. The van der Waals surface area contributed by atoms with Crippen LogP contribution in [0.25, 0.3) is 0 Å². The predicted molar refractivity (Wildman–Crippen MR) is 80.3 cm³/mol. The first-order valence-electron chi connectivity index (χ1n) is 7.34. The van der Waals surface area contributed by atoms with Gasteiger partial charge >= 0.3 is 0 Å². The molecule has 1 aliphatic rings. The van der Waals surface area contributed by atoms with Crippen molar-refractivity contribution in [2.45, 2.75) is 31.2 Å². The summed E-state index contributed by atoms with van der Waals surface area (Å²) >= 11 is 0. The van der Waals surface area contributed by atoms with E-state index in [4.69, 9.17) is 0 Å². The van der Waals surface area contributed by atoms with E-state index in [-0.39, 0.29) is 11.7 Å². The van der Waals surface area contributed by atoms with Gasteiger partial charge in [0.25, 0.3) is 0 Å². The lowest BCUT2D eigenvalue weighted by Crippen LogP contribution is -2.25. The van der Waals surface area contributed by atoms with Gasteiger partial charge in [-0.3, -0.25) is 0 Å². The van der Waals surface area contributed by atoms with E-state index in [1.54, 1.807) is 12.1 Å². The molecule has 104 valence electrons. The van der Waals surface area contributed by atoms with E-state index in [0.29, 0.717) is 6.04 Å². The zero-order valence-electron chi connectivity index (χ0n) is 11.6. The molecule has 0 aliphatic heterocycles. The Labute approximate surface area is 119 Å². The quantitative estimate of drug-likeness (QED) is 0.838. The zero-order valence-corrected chi connectivity index (χ0v) is 11.6. The molecule has 1 fully saturated rings. The SMILES string of the molecule is Fc1ccccc1C(CNC1CC1)Cc1ccccc1. The van der Waals surface area contributed by atoms with Crippen molar-refractivity contribution in [3.05, 3.63) is 71.5 Å². The Bertz CT molecular complexity index is 548. The Balaban J connectivity index is 1.77. The van der Waals surface area contributed by atoms with Crippen LogP contribution < -0.4 is 5.32 Å². The minimum atomic E-state index is -0.0916. The normalized spacial score (nSPS) is 16.1. The second kappa shape index (κ2) is 6.19. The van der Waals surface area contributed by atoms with Crippen LogP contribution in [-0.4, -0.2) is 12.6 Å². The van der Waals surface area contributed by atoms with Crippen LogP contribution >= 0.6 is 0 Å². The molecule has 2 heteroatoms. The van der Waals surface area contributed by atoms with Crippen molar-refractivity contribution in [3.63, 3.8) is 0 Å².